The van der Waals surface area contributed by atoms with Gasteiger partial charge in [0.2, 0.25) is 0 Å². The third-order valence-electron chi connectivity index (χ3n) is 3.55. The number of hydrogen-bond donors (Lipinski definition) is 2. The van der Waals surface area contributed by atoms with Crippen LogP contribution in [0.1, 0.15) is 16.1 Å². The summed E-state index contributed by atoms with van der Waals surface area (Å²) in [6.07, 6.45) is -4.45. The fraction of sp³-hybridized carbons (Fsp3) is 0.133. The molecule has 1 aromatic carbocycles. The number of aromatic amines is 1. The number of H-pyrrole nitrogens is 1. The van der Waals surface area contributed by atoms with Gasteiger partial charge >= 0.3 is 12.1 Å². The highest BCUT2D eigenvalue weighted by Crippen LogP contribution is 2.37. The molecule has 0 aliphatic rings. The number of rotatable bonds is 2. The van der Waals surface area contributed by atoms with Gasteiger partial charge in [0.15, 0.2) is 0 Å². The number of halogens is 3. The molecule has 2 N–H and O–H groups in total. The number of aromatic nitrogens is 2. The van der Waals surface area contributed by atoms with E-state index in [1.54, 1.807) is 12.1 Å². The molecule has 2 aromatic heterocycles. The molecule has 0 aliphatic carbocycles. The fourth-order valence-corrected chi connectivity index (χ4v) is 2.57. The third kappa shape index (κ3) is 2.14. The Balaban J connectivity index is 2.24. The molecule has 0 unspecified atom stereocenters. The average molecular weight is 308 g/mol. The molecule has 0 amide bonds. The van der Waals surface area contributed by atoms with Crippen LogP contribution in [0.15, 0.2) is 36.4 Å². The molecule has 0 radical (unpaired) electrons. The average Bonchev–Trinajstić information content (AvgIpc) is 3.03. The Labute approximate surface area is 122 Å². The first-order chi connectivity index (χ1) is 10.3. The smallest absolute Gasteiger partial charge is 0.418 e. The quantitative estimate of drug-likeness (QED) is 0.754. The minimum Gasteiger partial charge on any atom is -0.477 e. The fourth-order valence-electron chi connectivity index (χ4n) is 2.57. The van der Waals surface area contributed by atoms with E-state index in [0.29, 0.717) is 16.8 Å². The summed E-state index contributed by atoms with van der Waals surface area (Å²) in [7, 11) is 1.52. The molecule has 4 nitrogen and oxygen atoms in total. The van der Waals surface area contributed by atoms with Gasteiger partial charge in [-0.1, -0.05) is 12.1 Å². The van der Waals surface area contributed by atoms with E-state index in [1.807, 2.05) is 0 Å². The number of benzene rings is 1. The molecule has 0 bridgehead atoms. The van der Waals surface area contributed by atoms with Crippen LogP contribution >= 0.6 is 0 Å². The van der Waals surface area contributed by atoms with Crippen LogP contribution in [-0.4, -0.2) is 20.6 Å². The lowest BCUT2D eigenvalue weighted by atomic mass is 10.1. The van der Waals surface area contributed by atoms with E-state index < -0.39 is 17.7 Å². The second kappa shape index (κ2) is 4.66. The molecule has 0 aliphatic heterocycles. The zero-order valence-corrected chi connectivity index (χ0v) is 11.4. The Morgan fingerprint density at radius 3 is 2.55 bits per heavy atom. The number of aromatic carboxylic acids is 1. The highest BCUT2D eigenvalue weighted by atomic mass is 19.4. The molecule has 0 saturated heterocycles. The van der Waals surface area contributed by atoms with E-state index in [0.717, 1.165) is 6.07 Å². The summed E-state index contributed by atoms with van der Waals surface area (Å²) in [4.78, 5) is 13.6. The van der Waals surface area contributed by atoms with Gasteiger partial charge in [-0.3, -0.25) is 0 Å². The van der Waals surface area contributed by atoms with Crippen LogP contribution in [0.4, 0.5) is 13.2 Å². The largest absolute Gasteiger partial charge is 0.477 e. The molecule has 0 saturated carbocycles. The maximum Gasteiger partial charge on any atom is 0.418 e. The molecule has 0 atom stereocenters. The molecular weight excluding hydrogens is 297 g/mol. The number of alkyl halides is 3. The van der Waals surface area contributed by atoms with Crippen molar-refractivity contribution in [1.82, 2.24) is 9.55 Å². The molecule has 0 spiro atoms. The Morgan fingerprint density at radius 1 is 1.23 bits per heavy atom. The summed E-state index contributed by atoms with van der Waals surface area (Å²) in [6.45, 7) is 0. The second-order valence-corrected chi connectivity index (χ2v) is 4.92. The van der Waals surface area contributed by atoms with Crippen molar-refractivity contribution in [2.24, 2.45) is 7.05 Å². The Kier molecular flexibility index (Phi) is 3.01. The molecule has 2 heterocycles. The van der Waals surface area contributed by atoms with Gasteiger partial charge in [-0.05, 0) is 24.3 Å². The molecule has 22 heavy (non-hydrogen) atoms. The number of aryl methyl sites for hydroxylation is 1. The zero-order valence-electron chi connectivity index (χ0n) is 11.4. The first kappa shape index (κ1) is 14.2. The number of nitrogens with one attached hydrogen (secondary N) is 1. The van der Waals surface area contributed by atoms with Gasteiger partial charge < -0.3 is 14.7 Å². The normalized spacial score (nSPS) is 12.0. The van der Waals surface area contributed by atoms with Crippen molar-refractivity contribution in [1.29, 1.82) is 0 Å². The van der Waals surface area contributed by atoms with Crippen molar-refractivity contribution in [3.8, 4) is 11.4 Å². The number of carboxylic acids is 1. The highest BCUT2D eigenvalue weighted by Gasteiger charge is 2.34. The van der Waals surface area contributed by atoms with Crippen molar-refractivity contribution >= 4 is 16.9 Å². The van der Waals surface area contributed by atoms with Crippen LogP contribution in [0.25, 0.3) is 22.3 Å². The first-order valence-corrected chi connectivity index (χ1v) is 6.37. The maximum absolute atomic E-state index is 13.1. The number of nitrogens with zero attached hydrogens (tertiary/aromatic N) is 1. The molecule has 0 fully saturated rings. The van der Waals surface area contributed by atoms with Crippen molar-refractivity contribution in [3.05, 3.63) is 47.7 Å². The summed E-state index contributed by atoms with van der Waals surface area (Å²) in [6, 6.07) is 8.48. The van der Waals surface area contributed by atoms with Gasteiger partial charge in [-0.25, -0.2) is 4.79 Å². The minimum atomic E-state index is -4.45. The predicted octanol–water partition coefficient (Wildman–Crippen LogP) is 3.89. The van der Waals surface area contributed by atoms with E-state index in [9.17, 15) is 18.0 Å². The number of para-hydroxylation sites is 1. The highest BCUT2D eigenvalue weighted by molar-refractivity contribution is 5.91. The van der Waals surface area contributed by atoms with Gasteiger partial charge in [0, 0.05) is 12.4 Å². The van der Waals surface area contributed by atoms with E-state index >= 15 is 0 Å². The van der Waals surface area contributed by atoms with Crippen LogP contribution in [-0.2, 0) is 13.2 Å². The van der Waals surface area contributed by atoms with Gasteiger partial charge in [-0.15, -0.1) is 0 Å². The summed E-state index contributed by atoms with van der Waals surface area (Å²) < 4.78 is 40.8. The zero-order chi connectivity index (χ0) is 16.1. The number of carbonyl (C=O) groups is 1. The van der Waals surface area contributed by atoms with Gasteiger partial charge in [0.1, 0.15) is 5.69 Å². The minimum absolute atomic E-state index is 0.0173. The summed E-state index contributed by atoms with van der Waals surface area (Å²) in [5.74, 6) is -1.12. The van der Waals surface area contributed by atoms with E-state index in [-0.39, 0.29) is 11.2 Å². The second-order valence-electron chi connectivity index (χ2n) is 4.92. The van der Waals surface area contributed by atoms with Gasteiger partial charge in [0.25, 0.3) is 0 Å². The molecule has 7 heteroatoms. The van der Waals surface area contributed by atoms with Crippen molar-refractivity contribution in [2.45, 2.75) is 6.18 Å². The maximum atomic E-state index is 13.1. The Hall–Kier alpha value is -2.70. The standard InChI is InChI=1S/C15H11F3N2O2/c1-20-12(10-5-6-11(19-10)14(21)22)7-8-3-2-4-9(13(8)20)15(16,17)18/h2-7,19H,1H3,(H,21,22). The van der Waals surface area contributed by atoms with E-state index in [2.05, 4.69) is 4.98 Å². The van der Waals surface area contributed by atoms with Crippen molar-refractivity contribution in [3.63, 3.8) is 0 Å². The predicted molar refractivity (Wildman–Crippen MR) is 74.7 cm³/mol. The summed E-state index contributed by atoms with van der Waals surface area (Å²) in [5.41, 5.74) is 0.264. The van der Waals surface area contributed by atoms with E-state index in [1.165, 1.54) is 29.8 Å². The Morgan fingerprint density at radius 2 is 1.95 bits per heavy atom. The third-order valence-corrected chi connectivity index (χ3v) is 3.55. The SMILES string of the molecule is Cn1c(-c2ccc(C(=O)O)[nH]2)cc2cccc(C(F)(F)F)c21. The molecule has 3 aromatic rings. The number of fused-ring (bicyclic) bond motifs is 1. The molecule has 114 valence electrons. The molecule has 3 rings (SSSR count). The van der Waals surface area contributed by atoms with Gasteiger partial charge in [-0.2, -0.15) is 13.2 Å². The van der Waals surface area contributed by atoms with Crippen LogP contribution in [0.5, 0.6) is 0 Å². The lowest BCUT2D eigenvalue weighted by Gasteiger charge is -2.10. The lowest BCUT2D eigenvalue weighted by molar-refractivity contribution is -0.136. The van der Waals surface area contributed by atoms with E-state index in [4.69, 9.17) is 5.11 Å². The summed E-state index contributed by atoms with van der Waals surface area (Å²) >= 11 is 0. The number of carboxylic acid groups (broad SMARTS) is 1. The summed E-state index contributed by atoms with van der Waals surface area (Å²) in [5, 5.41) is 9.36. The lowest BCUT2D eigenvalue weighted by Crippen LogP contribution is -2.07. The van der Waals surface area contributed by atoms with Crippen LogP contribution in [0.2, 0.25) is 0 Å². The van der Waals surface area contributed by atoms with Crippen LogP contribution in [0.3, 0.4) is 0 Å². The van der Waals surface area contributed by atoms with Crippen molar-refractivity contribution in [2.75, 3.05) is 0 Å². The van der Waals surface area contributed by atoms with Crippen molar-refractivity contribution < 1.29 is 23.1 Å². The first-order valence-electron chi connectivity index (χ1n) is 6.37. The Bertz CT molecular complexity index is 875. The molecular formula is C15H11F3N2O2. The van der Waals surface area contributed by atoms with Gasteiger partial charge in [0.05, 0.1) is 22.5 Å². The number of hydrogen-bond acceptors (Lipinski definition) is 1. The topological polar surface area (TPSA) is 58.0 Å². The van der Waals surface area contributed by atoms with Crippen LogP contribution < -0.4 is 0 Å². The van der Waals surface area contributed by atoms with Crippen LogP contribution in [0, 0.1) is 0 Å². The monoisotopic (exact) mass is 308 g/mol.